The molecule has 0 aromatic heterocycles. The Labute approximate surface area is 121 Å². The Bertz CT molecular complexity index is 372. The van der Waals surface area contributed by atoms with Gasteiger partial charge in [0.05, 0.1) is 25.9 Å². The molecule has 0 bridgehead atoms. The Balaban J connectivity index is 2.06. The smallest absolute Gasteiger partial charge is 0.376 e. The van der Waals surface area contributed by atoms with E-state index < -0.39 is 30.5 Å². The van der Waals surface area contributed by atoms with Gasteiger partial charge in [0.2, 0.25) is 5.91 Å². The van der Waals surface area contributed by atoms with Crippen molar-refractivity contribution in [1.82, 2.24) is 4.90 Å². The maximum absolute atomic E-state index is 13.2. The average Bonchev–Trinajstić information content (AvgIpc) is 2.74. The third kappa shape index (κ3) is 4.08. The van der Waals surface area contributed by atoms with Crippen LogP contribution in [0.4, 0.5) is 13.2 Å². The van der Waals surface area contributed by atoms with Crippen LogP contribution in [0.1, 0.15) is 19.8 Å². The number of hydrogen-bond donors (Lipinski definition) is 1. The number of rotatable bonds is 3. The van der Waals surface area contributed by atoms with E-state index in [0.717, 1.165) is 0 Å². The van der Waals surface area contributed by atoms with Crippen LogP contribution in [0.3, 0.4) is 0 Å². The summed E-state index contributed by atoms with van der Waals surface area (Å²) in [6, 6.07) is -0.520. The van der Waals surface area contributed by atoms with Gasteiger partial charge in [0.25, 0.3) is 0 Å². The Hall–Kier alpha value is -0.860. The van der Waals surface area contributed by atoms with Crippen LogP contribution in [0, 0.1) is 5.92 Å². The van der Waals surface area contributed by atoms with Gasteiger partial charge in [0, 0.05) is 18.6 Å². The largest absolute Gasteiger partial charge is 0.400 e. The van der Waals surface area contributed by atoms with Crippen molar-refractivity contribution in [2.75, 3.05) is 26.4 Å². The van der Waals surface area contributed by atoms with Crippen LogP contribution in [0.25, 0.3) is 0 Å². The normalized spacial score (nSPS) is 32.2. The molecule has 4 atom stereocenters. The van der Waals surface area contributed by atoms with Crippen molar-refractivity contribution in [1.29, 1.82) is 0 Å². The summed E-state index contributed by atoms with van der Waals surface area (Å²) < 4.78 is 50.0. The Morgan fingerprint density at radius 3 is 2.62 bits per heavy atom. The second-order valence-electron chi connectivity index (χ2n) is 5.73. The molecule has 5 nitrogen and oxygen atoms in total. The van der Waals surface area contributed by atoms with Crippen LogP contribution in [-0.2, 0) is 14.3 Å². The second-order valence-corrected chi connectivity index (χ2v) is 5.73. The molecule has 0 aromatic carbocycles. The summed E-state index contributed by atoms with van der Waals surface area (Å²) in [5.74, 6) is -2.96. The summed E-state index contributed by atoms with van der Waals surface area (Å²) >= 11 is 0. The number of hydrogen-bond acceptors (Lipinski definition) is 4. The van der Waals surface area contributed by atoms with Gasteiger partial charge in [-0.1, -0.05) is 0 Å². The summed E-state index contributed by atoms with van der Waals surface area (Å²) in [6.07, 6.45) is -5.16. The first-order chi connectivity index (χ1) is 9.79. The van der Waals surface area contributed by atoms with Crippen LogP contribution in [0.5, 0.6) is 0 Å². The van der Waals surface area contributed by atoms with E-state index in [4.69, 9.17) is 15.2 Å². The lowest BCUT2D eigenvalue weighted by Crippen LogP contribution is -2.47. The van der Waals surface area contributed by atoms with Crippen LogP contribution < -0.4 is 5.73 Å². The molecule has 2 N–H and O–H groups in total. The molecule has 2 fully saturated rings. The van der Waals surface area contributed by atoms with E-state index in [0.29, 0.717) is 13.0 Å². The van der Waals surface area contributed by atoms with E-state index in [-0.39, 0.29) is 31.8 Å². The average molecular weight is 310 g/mol. The first-order valence-electron chi connectivity index (χ1n) is 7.11. The summed E-state index contributed by atoms with van der Waals surface area (Å²) in [7, 11) is 0. The topological polar surface area (TPSA) is 64.8 Å². The van der Waals surface area contributed by atoms with Gasteiger partial charge >= 0.3 is 6.18 Å². The molecule has 0 radical (unpaired) electrons. The van der Waals surface area contributed by atoms with Crippen molar-refractivity contribution >= 4 is 5.91 Å². The van der Waals surface area contributed by atoms with Gasteiger partial charge in [-0.05, 0) is 19.8 Å². The van der Waals surface area contributed by atoms with Crippen LogP contribution in [-0.4, -0.2) is 61.5 Å². The van der Waals surface area contributed by atoms with Gasteiger partial charge in [-0.25, -0.2) is 0 Å². The Morgan fingerprint density at radius 1 is 1.43 bits per heavy atom. The van der Waals surface area contributed by atoms with E-state index in [2.05, 4.69) is 0 Å². The number of ether oxygens (including phenoxy) is 2. The Morgan fingerprint density at radius 2 is 2.14 bits per heavy atom. The molecule has 0 saturated carbocycles. The number of likely N-dealkylation sites (tertiary alicyclic amines) is 1. The fourth-order valence-electron chi connectivity index (χ4n) is 2.89. The number of nitrogens with two attached hydrogens (primary N) is 1. The summed E-state index contributed by atoms with van der Waals surface area (Å²) in [6.45, 7) is 2.62. The molecule has 122 valence electrons. The second kappa shape index (κ2) is 6.50. The quantitative estimate of drug-likeness (QED) is 0.842. The standard InChI is InChI=1S/C13H21F3N2O3/c1-8-4-9(17)6-18(8)12(19)11(13(14,15)16)5-10-7-20-2-3-21-10/h8-11H,2-7,17H2,1H3. The third-order valence-corrected chi connectivity index (χ3v) is 3.97. The summed E-state index contributed by atoms with van der Waals surface area (Å²) in [5.41, 5.74) is 5.73. The molecular weight excluding hydrogens is 289 g/mol. The minimum absolute atomic E-state index is 0.0922. The Kier molecular flexibility index (Phi) is 5.11. The molecule has 0 spiro atoms. The first-order valence-corrected chi connectivity index (χ1v) is 7.11. The van der Waals surface area contributed by atoms with Gasteiger partial charge in [0.1, 0.15) is 5.92 Å². The fourth-order valence-corrected chi connectivity index (χ4v) is 2.89. The van der Waals surface area contributed by atoms with Gasteiger partial charge in [-0.15, -0.1) is 0 Å². The van der Waals surface area contributed by atoms with E-state index >= 15 is 0 Å². The first kappa shape index (κ1) is 16.5. The molecule has 2 heterocycles. The van der Waals surface area contributed by atoms with Crippen molar-refractivity contribution in [3.8, 4) is 0 Å². The predicted molar refractivity (Wildman–Crippen MR) is 68.5 cm³/mol. The van der Waals surface area contributed by atoms with Crippen LogP contribution in [0.15, 0.2) is 0 Å². The van der Waals surface area contributed by atoms with Gasteiger partial charge < -0.3 is 20.1 Å². The lowest BCUT2D eigenvalue weighted by molar-refractivity contribution is -0.201. The number of nitrogens with zero attached hydrogens (tertiary/aromatic N) is 1. The molecule has 2 aliphatic rings. The fraction of sp³-hybridized carbons (Fsp3) is 0.923. The van der Waals surface area contributed by atoms with Crippen molar-refractivity contribution in [3.63, 3.8) is 0 Å². The molecule has 1 amide bonds. The molecule has 21 heavy (non-hydrogen) atoms. The summed E-state index contributed by atoms with van der Waals surface area (Å²) in [4.78, 5) is 13.5. The van der Waals surface area contributed by atoms with Crippen molar-refractivity contribution in [3.05, 3.63) is 0 Å². The number of alkyl halides is 3. The van der Waals surface area contributed by atoms with Gasteiger partial charge in [0.15, 0.2) is 0 Å². The van der Waals surface area contributed by atoms with E-state index in [1.807, 2.05) is 0 Å². The number of amides is 1. The number of halogens is 3. The lowest BCUT2D eigenvalue weighted by atomic mass is 9.98. The number of carbonyl (C=O) groups excluding carboxylic acids is 1. The molecular formula is C13H21F3N2O3. The molecule has 0 aromatic rings. The minimum atomic E-state index is -4.59. The molecule has 4 unspecified atom stereocenters. The number of carbonyl (C=O) groups is 1. The monoisotopic (exact) mass is 310 g/mol. The van der Waals surface area contributed by atoms with E-state index in [9.17, 15) is 18.0 Å². The van der Waals surface area contributed by atoms with Crippen molar-refractivity contribution < 1.29 is 27.4 Å². The summed E-state index contributed by atoms with van der Waals surface area (Å²) in [5, 5.41) is 0. The predicted octanol–water partition coefficient (Wildman–Crippen LogP) is 0.918. The highest BCUT2D eigenvalue weighted by Crippen LogP contribution is 2.34. The van der Waals surface area contributed by atoms with Gasteiger partial charge in [-0.3, -0.25) is 4.79 Å². The van der Waals surface area contributed by atoms with Crippen molar-refractivity contribution in [2.45, 2.75) is 44.1 Å². The zero-order valence-electron chi connectivity index (χ0n) is 11.9. The minimum Gasteiger partial charge on any atom is -0.376 e. The molecule has 0 aliphatic carbocycles. The highest BCUT2D eigenvalue weighted by atomic mass is 19.4. The zero-order chi connectivity index (χ0) is 15.6. The zero-order valence-corrected chi connectivity index (χ0v) is 11.9. The SMILES string of the molecule is CC1CC(N)CN1C(=O)C(CC1COCCO1)C(F)(F)F. The maximum Gasteiger partial charge on any atom is 0.400 e. The van der Waals surface area contributed by atoms with Crippen molar-refractivity contribution in [2.24, 2.45) is 11.7 Å². The highest BCUT2D eigenvalue weighted by molar-refractivity contribution is 5.80. The lowest BCUT2D eigenvalue weighted by Gasteiger charge is -2.31. The van der Waals surface area contributed by atoms with Crippen LogP contribution in [0.2, 0.25) is 0 Å². The highest BCUT2D eigenvalue weighted by Gasteiger charge is 2.49. The molecule has 2 rings (SSSR count). The molecule has 2 aliphatic heterocycles. The molecule has 8 heteroatoms. The van der Waals surface area contributed by atoms with E-state index in [1.165, 1.54) is 4.90 Å². The molecule has 2 saturated heterocycles. The van der Waals surface area contributed by atoms with E-state index in [1.54, 1.807) is 6.92 Å². The van der Waals surface area contributed by atoms with Gasteiger partial charge in [-0.2, -0.15) is 13.2 Å². The maximum atomic E-state index is 13.2. The van der Waals surface area contributed by atoms with Crippen LogP contribution >= 0.6 is 0 Å². The third-order valence-electron chi connectivity index (χ3n) is 3.97.